The molecule has 0 amide bonds. The molecule has 0 aromatic rings. The molecule has 2 nitrogen and oxygen atoms in total. The maximum atomic E-state index is 6.06. The average Bonchev–Trinajstić information content (AvgIpc) is 2.84. The van der Waals surface area contributed by atoms with Gasteiger partial charge >= 0.3 is 7.12 Å². The summed E-state index contributed by atoms with van der Waals surface area (Å²) < 4.78 is 12.1. The Morgan fingerprint density at radius 2 is 1.11 bits per heavy atom. The van der Waals surface area contributed by atoms with Crippen molar-refractivity contribution in [3.8, 4) is 0 Å². The molecule has 1 aliphatic rings. The Morgan fingerprint density at radius 3 is 1.71 bits per heavy atom. The molecule has 160 valence electrons. The molecule has 0 radical (unpaired) electrons. The van der Waals surface area contributed by atoms with Crippen LogP contribution in [-0.4, -0.2) is 18.3 Å². The molecule has 0 spiro atoms. The van der Waals surface area contributed by atoms with Gasteiger partial charge in [-0.25, -0.2) is 0 Å². The number of unbranched alkanes of at least 4 members (excludes halogenated alkanes) is 7. The van der Waals surface area contributed by atoms with Crippen LogP contribution in [-0.2, 0) is 9.31 Å². The Kier molecular flexibility index (Phi) is 12.8. The highest BCUT2D eigenvalue weighted by Gasteiger charge is 2.50. The topological polar surface area (TPSA) is 18.5 Å². The number of rotatable bonds is 15. The van der Waals surface area contributed by atoms with Crippen molar-refractivity contribution in [2.24, 2.45) is 0 Å². The zero-order chi connectivity index (χ0) is 20.7. The molecule has 0 unspecified atom stereocenters. The fourth-order valence-electron chi connectivity index (χ4n) is 3.35. The third-order valence-electron chi connectivity index (χ3n) is 5.87. The van der Waals surface area contributed by atoms with Crippen LogP contribution in [0.2, 0.25) is 6.32 Å². The maximum absolute atomic E-state index is 6.06. The average molecular weight is 388 g/mol. The number of hydrogen-bond acceptors (Lipinski definition) is 2. The van der Waals surface area contributed by atoms with Gasteiger partial charge in [0.25, 0.3) is 0 Å². The van der Waals surface area contributed by atoms with E-state index in [0.717, 1.165) is 19.2 Å². The Hall–Kier alpha value is -0.795. The summed E-state index contributed by atoms with van der Waals surface area (Å²) >= 11 is 0. The highest BCUT2D eigenvalue weighted by molar-refractivity contribution is 6.45. The lowest BCUT2D eigenvalue weighted by molar-refractivity contribution is 0.00578. The SMILES string of the molecule is CC/C=C\CC/C=C\C/C=C\CCCCCCCCB1OC(C)(C)C(C)(C)O1. The summed E-state index contributed by atoms with van der Waals surface area (Å²) in [5.74, 6) is 0. The third kappa shape index (κ3) is 10.7. The van der Waals surface area contributed by atoms with Gasteiger partial charge in [-0.05, 0) is 72.5 Å². The van der Waals surface area contributed by atoms with Gasteiger partial charge in [0.15, 0.2) is 0 Å². The molecule has 1 heterocycles. The first-order chi connectivity index (χ1) is 13.4. The predicted molar refractivity (Wildman–Crippen MR) is 125 cm³/mol. The second-order valence-electron chi connectivity index (χ2n) is 9.02. The lowest BCUT2D eigenvalue weighted by Gasteiger charge is -2.32. The van der Waals surface area contributed by atoms with Gasteiger partial charge in [-0.1, -0.05) is 75.5 Å². The van der Waals surface area contributed by atoms with Crippen LogP contribution in [0.3, 0.4) is 0 Å². The van der Waals surface area contributed by atoms with Crippen molar-refractivity contribution in [2.45, 2.75) is 123 Å². The van der Waals surface area contributed by atoms with E-state index in [-0.39, 0.29) is 18.3 Å². The maximum Gasteiger partial charge on any atom is 0.457 e. The second kappa shape index (κ2) is 14.2. The Morgan fingerprint density at radius 1 is 0.607 bits per heavy atom. The van der Waals surface area contributed by atoms with E-state index in [1.165, 1.54) is 57.8 Å². The molecule has 0 saturated carbocycles. The third-order valence-corrected chi connectivity index (χ3v) is 5.87. The smallest absolute Gasteiger partial charge is 0.403 e. The van der Waals surface area contributed by atoms with Crippen molar-refractivity contribution in [1.29, 1.82) is 0 Å². The van der Waals surface area contributed by atoms with Crippen molar-refractivity contribution < 1.29 is 9.31 Å². The van der Waals surface area contributed by atoms with E-state index in [0.29, 0.717) is 0 Å². The van der Waals surface area contributed by atoms with Crippen molar-refractivity contribution in [2.75, 3.05) is 0 Å². The fraction of sp³-hybridized carbons (Fsp3) is 0.760. The van der Waals surface area contributed by atoms with Crippen LogP contribution in [0, 0.1) is 0 Å². The van der Waals surface area contributed by atoms with Crippen LogP contribution in [0.15, 0.2) is 36.5 Å². The minimum Gasteiger partial charge on any atom is -0.403 e. The molecule has 0 aromatic heterocycles. The number of allylic oxidation sites excluding steroid dienone is 6. The summed E-state index contributed by atoms with van der Waals surface area (Å²) in [5.41, 5.74) is -0.375. The second-order valence-corrected chi connectivity index (χ2v) is 9.02. The predicted octanol–water partition coefficient (Wildman–Crippen LogP) is 8.06. The van der Waals surface area contributed by atoms with Crippen LogP contribution < -0.4 is 0 Å². The van der Waals surface area contributed by atoms with E-state index in [1.54, 1.807) is 0 Å². The highest BCUT2D eigenvalue weighted by Crippen LogP contribution is 2.38. The van der Waals surface area contributed by atoms with Crippen molar-refractivity contribution in [3.63, 3.8) is 0 Å². The highest BCUT2D eigenvalue weighted by atomic mass is 16.7. The zero-order valence-corrected chi connectivity index (χ0v) is 19.3. The standard InChI is InChI=1S/C25H45BO2/c1-6-7-8-9-10-11-12-13-14-15-16-17-18-19-20-21-22-23-26-27-24(2,3)25(4,5)28-26/h7-8,11-12,14-15H,6,9-10,13,16-23H2,1-5H3/b8-7-,12-11-,15-14-. The lowest BCUT2D eigenvalue weighted by atomic mass is 9.82. The van der Waals surface area contributed by atoms with Crippen LogP contribution in [0.4, 0.5) is 0 Å². The minimum atomic E-state index is -0.188. The summed E-state index contributed by atoms with van der Waals surface area (Å²) in [4.78, 5) is 0. The fourth-order valence-corrected chi connectivity index (χ4v) is 3.35. The van der Waals surface area contributed by atoms with Gasteiger partial charge in [0.2, 0.25) is 0 Å². The van der Waals surface area contributed by atoms with Gasteiger partial charge in [-0.2, -0.15) is 0 Å². The molecule has 0 aromatic carbocycles. The van der Waals surface area contributed by atoms with Gasteiger partial charge in [0.1, 0.15) is 0 Å². The van der Waals surface area contributed by atoms with Gasteiger partial charge < -0.3 is 9.31 Å². The van der Waals surface area contributed by atoms with E-state index < -0.39 is 0 Å². The monoisotopic (exact) mass is 388 g/mol. The first-order valence-corrected chi connectivity index (χ1v) is 11.7. The molecule has 1 rings (SSSR count). The van der Waals surface area contributed by atoms with Gasteiger partial charge in [0.05, 0.1) is 11.2 Å². The molecule has 0 N–H and O–H groups in total. The zero-order valence-electron chi connectivity index (χ0n) is 19.3. The molecule has 0 atom stereocenters. The van der Waals surface area contributed by atoms with E-state index in [9.17, 15) is 0 Å². The normalized spacial score (nSPS) is 19.0. The van der Waals surface area contributed by atoms with E-state index in [2.05, 4.69) is 71.1 Å². The summed E-state index contributed by atoms with van der Waals surface area (Å²) in [6, 6.07) is 0. The summed E-state index contributed by atoms with van der Waals surface area (Å²) in [6.45, 7) is 10.7. The Bertz CT molecular complexity index is 461. The first-order valence-electron chi connectivity index (χ1n) is 11.7. The number of hydrogen-bond donors (Lipinski definition) is 0. The Labute approximate surface area is 176 Å². The van der Waals surface area contributed by atoms with Crippen LogP contribution in [0.1, 0.15) is 105 Å². The molecule has 3 heteroatoms. The Balaban J connectivity index is 1.88. The molecule has 0 bridgehead atoms. The largest absolute Gasteiger partial charge is 0.457 e. The summed E-state index contributed by atoms with van der Waals surface area (Å²) in [7, 11) is -0.0167. The summed E-state index contributed by atoms with van der Waals surface area (Å²) in [6.07, 6.45) is 28.4. The van der Waals surface area contributed by atoms with Gasteiger partial charge in [-0.15, -0.1) is 0 Å². The molecule has 1 aliphatic heterocycles. The molecule has 1 fully saturated rings. The van der Waals surface area contributed by atoms with Gasteiger partial charge in [-0.3, -0.25) is 0 Å². The molecule has 28 heavy (non-hydrogen) atoms. The first kappa shape index (κ1) is 25.2. The van der Waals surface area contributed by atoms with Crippen molar-refractivity contribution >= 4 is 7.12 Å². The van der Waals surface area contributed by atoms with Gasteiger partial charge in [0, 0.05) is 0 Å². The minimum absolute atomic E-state index is 0.0167. The summed E-state index contributed by atoms with van der Waals surface area (Å²) in [5, 5.41) is 0. The molecule has 0 aliphatic carbocycles. The molecular weight excluding hydrogens is 343 g/mol. The lowest BCUT2D eigenvalue weighted by Crippen LogP contribution is -2.41. The van der Waals surface area contributed by atoms with E-state index >= 15 is 0 Å². The van der Waals surface area contributed by atoms with Crippen molar-refractivity contribution in [3.05, 3.63) is 36.5 Å². The van der Waals surface area contributed by atoms with E-state index in [4.69, 9.17) is 9.31 Å². The van der Waals surface area contributed by atoms with Crippen LogP contribution >= 0.6 is 0 Å². The molecule has 1 saturated heterocycles. The van der Waals surface area contributed by atoms with E-state index in [1.807, 2.05) is 0 Å². The van der Waals surface area contributed by atoms with Crippen molar-refractivity contribution in [1.82, 2.24) is 0 Å². The molecular formula is C25H45BO2. The van der Waals surface area contributed by atoms with Crippen LogP contribution in [0.25, 0.3) is 0 Å². The van der Waals surface area contributed by atoms with Crippen LogP contribution in [0.5, 0.6) is 0 Å². The quantitative estimate of drug-likeness (QED) is 0.160.